The molecule has 0 radical (unpaired) electrons. The van der Waals surface area contributed by atoms with Crippen LogP contribution >= 0.6 is 11.6 Å². The molecule has 0 unspecified atom stereocenters. The van der Waals surface area contributed by atoms with E-state index in [9.17, 15) is 9.59 Å². The van der Waals surface area contributed by atoms with Crippen molar-refractivity contribution in [3.63, 3.8) is 0 Å². The summed E-state index contributed by atoms with van der Waals surface area (Å²) in [4.78, 5) is 30.1. The van der Waals surface area contributed by atoms with Crippen LogP contribution in [0.3, 0.4) is 0 Å². The highest BCUT2D eigenvalue weighted by atomic mass is 35.5. The van der Waals surface area contributed by atoms with E-state index in [4.69, 9.17) is 25.8 Å². The van der Waals surface area contributed by atoms with Crippen molar-refractivity contribution in [2.75, 3.05) is 20.8 Å². The number of carbonyl (C=O) groups is 1. The van der Waals surface area contributed by atoms with E-state index in [0.717, 1.165) is 16.7 Å². The van der Waals surface area contributed by atoms with Crippen LogP contribution in [0.4, 0.5) is 0 Å². The van der Waals surface area contributed by atoms with E-state index in [-0.39, 0.29) is 29.4 Å². The van der Waals surface area contributed by atoms with Crippen LogP contribution in [0.1, 0.15) is 27.2 Å². The Balaban J connectivity index is 1.47. The van der Waals surface area contributed by atoms with Crippen molar-refractivity contribution in [2.24, 2.45) is 0 Å². The summed E-state index contributed by atoms with van der Waals surface area (Å²) in [6.45, 7) is 1.11. The molecule has 0 saturated heterocycles. The number of rotatable bonds is 6. The number of ether oxygens (including phenoxy) is 3. The van der Waals surface area contributed by atoms with Crippen molar-refractivity contribution in [1.82, 2.24) is 9.88 Å². The van der Waals surface area contributed by atoms with Crippen LogP contribution in [-0.2, 0) is 19.6 Å². The fourth-order valence-electron chi connectivity index (χ4n) is 3.69. The molecule has 1 N–H and O–H groups in total. The van der Waals surface area contributed by atoms with E-state index in [0.29, 0.717) is 36.0 Å². The number of amides is 1. The summed E-state index contributed by atoms with van der Waals surface area (Å²) < 4.78 is 16.3. The first kappa shape index (κ1) is 21.8. The number of methoxy groups -OCH3 is 2. The molecule has 1 aliphatic rings. The van der Waals surface area contributed by atoms with Gasteiger partial charge in [-0.15, -0.1) is 0 Å². The van der Waals surface area contributed by atoms with Gasteiger partial charge in [0.2, 0.25) is 5.43 Å². The summed E-state index contributed by atoms with van der Waals surface area (Å²) in [7, 11) is 3.18. The van der Waals surface area contributed by atoms with E-state index in [2.05, 4.69) is 4.98 Å². The quantitative estimate of drug-likeness (QED) is 0.612. The Kier molecular flexibility index (Phi) is 6.37. The van der Waals surface area contributed by atoms with Crippen LogP contribution in [0.15, 0.2) is 53.5 Å². The fraction of sp³-hybridized carbons (Fsp3) is 0.250. The molecule has 7 nitrogen and oxygen atoms in total. The molecule has 1 aliphatic heterocycles. The third-order valence-corrected chi connectivity index (χ3v) is 5.82. The van der Waals surface area contributed by atoms with Gasteiger partial charge in [-0.25, -0.2) is 0 Å². The minimum absolute atomic E-state index is 0.127. The van der Waals surface area contributed by atoms with Gasteiger partial charge in [0.25, 0.3) is 5.91 Å². The zero-order valence-corrected chi connectivity index (χ0v) is 18.6. The molecule has 3 aromatic rings. The topological polar surface area (TPSA) is 80.9 Å². The summed E-state index contributed by atoms with van der Waals surface area (Å²) in [5, 5.41) is 0.565. The number of halogens is 1. The standard InChI is InChI=1S/C24H23ClN2O5/c1-30-21-9-15-7-8-27(13-17(15)10-22(21)31-2)24(29)19-11-20(28)23(12-26-19)32-14-16-5-3-4-6-18(16)25/h3-6,9-12H,7-8,13-14H2,1-2H3,(H,26,28). The maximum atomic E-state index is 13.0. The van der Waals surface area contributed by atoms with E-state index in [1.54, 1.807) is 25.2 Å². The second kappa shape index (κ2) is 9.36. The molecule has 0 fully saturated rings. The van der Waals surface area contributed by atoms with Crippen LogP contribution < -0.4 is 19.6 Å². The molecule has 166 valence electrons. The maximum Gasteiger partial charge on any atom is 0.270 e. The van der Waals surface area contributed by atoms with Gasteiger partial charge in [-0.2, -0.15) is 0 Å². The highest BCUT2D eigenvalue weighted by Gasteiger charge is 2.24. The zero-order chi connectivity index (χ0) is 22.7. The molecule has 32 heavy (non-hydrogen) atoms. The van der Waals surface area contributed by atoms with Gasteiger partial charge in [-0.05, 0) is 35.7 Å². The van der Waals surface area contributed by atoms with Gasteiger partial charge >= 0.3 is 0 Å². The molecule has 2 heterocycles. The number of hydrogen-bond acceptors (Lipinski definition) is 5. The Morgan fingerprint density at radius 2 is 1.78 bits per heavy atom. The lowest BCUT2D eigenvalue weighted by Gasteiger charge is -2.29. The predicted molar refractivity (Wildman–Crippen MR) is 121 cm³/mol. The number of pyridine rings is 1. The lowest BCUT2D eigenvalue weighted by Crippen LogP contribution is -2.36. The second-order valence-electron chi connectivity index (χ2n) is 7.41. The zero-order valence-electron chi connectivity index (χ0n) is 17.8. The Morgan fingerprint density at radius 3 is 2.47 bits per heavy atom. The van der Waals surface area contributed by atoms with Crippen molar-refractivity contribution in [1.29, 1.82) is 0 Å². The first-order valence-electron chi connectivity index (χ1n) is 10.1. The van der Waals surface area contributed by atoms with Crippen LogP contribution in [-0.4, -0.2) is 36.6 Å². The van der Waals surface area contributed by atoms with Crippen molar-refractivity contribution in [3.8, 4) is 17.2 Å². The number of aromatic amines is 1. The van der Waals surface area contributed by atoms with E-state index in [1.807, 2.05) is 30.3 Å². The summed E-state index contributed by atoms with van der Waals surface area (Å²) in [6, 6.07) is 12.4. The van der Waals surface area contributed by atoms with E-state index in [1.165, 1.54) is 12.3 Å². The van der Waals surface area contributed by atoms with Crippen molar-refractivity contribution in [3.05, 3.63) is 86.3 Å². The van der Waals surface area contributed by atoms with E-state index >= 15 is 0 Å². The van der Waals surface area contributed by atoms with Gasteiger partial charge in [0.15, 0.2) is 17.2 Å². The molecule has 0 aliphatic carbocycles. The third kappa shape index (κ3) is 4.43. The Hall–Kier alpha value is -3.45. The summed E-state index contributed by atoms with van der Waals surface area (Å²) in [5.41, 5.74) is 2.72. The number of H-pyrrole nitrogens is 1. The number of aromatic nitrogens is 1. The summed E-state index contributed by atoms with van der Waals surface area (Å²) in [5.74, 6) is 1.17. The normalized spacial score (nSPS) is 12.8. The van der Waals surface area contributed by atoms with Crippen molar-refractivity contribution in [2.45, 2.75) is 19.6 Å². The van der Waals surface area contributed by atoms with Crippen LogP contribution in [0.2, 0.25) is 5.02 Å². The maximum absolute atomic E-state index is 13.0. The number of fused-ring (bicyclic) bond motifs is 1. The predicted octanol–water partition coefficient (Wildman–Crippen LogP) is 3.82. The van der Waals surface area contributed by atoms with Gasteiger partial charge in [0.1, 0.15) is 12.3 Å². The molecular formula is C24H23ClN2O5. The smallest absolute Gasteiger partial charge is 0.270 e. The molecular weight excluding hydrogens is 432 g/mol. The van der Waals surface area contributed by atoms with Crippen LogP contribution in [0.25, 0.3) is 0 Å². The van der Waals surface area contributed by atoms with Gasteiger partial charge in [0.05, 0.1) is 14.2 Å². The first-order valence-corrected chi connectivity index (χ1v) is 10.5. The third-order valence-electron chi connectivity index (χ3n) is 5.45. The number of carbonyl (C=O) groups excluding carboxylic acids is 1. The first-order chi connectivity index (χ1) is 15.5. The van der Waals surface area contributed by atoms with Gasteiger partial charge in [-0.3, -0.25) is 9.59 Å². The minimum atomic E-state index is -0.372. The van der Waals surface area contributed by atoms with E-state index < -0.39 is 0 Å². The molecule has 2 aromatic carbocycles. The average Bonchev–Trinajstić information content (AvgIpc) is 2.82. The van der Waals surface area contributed by atoms with Gasteiger partial charge < -0.3 is 24.1 Å². The number of benzene rings is 2. The molecule has 0 bridgehead atoms. The molecule has 0 atom stereocenters. The monoisotopic (exact) mass is 454 g/mol. The molecule has 8 heteroatoms. The molecule has 0 saturated carbocycles. The van der Waals surface area contributed by atoms with Crippen molar-refractivity contribution >= 4 is 17.5 Å². The lowest BCUT2D eigenvalue weighted by atomic mass is 9.98. The Morgan fingerprint density at radius 1 is 1.06 bits per heavy atom. The second-order valence-corrected chi connectivity index (χ2v) is 7.82. The summed E-state index contributed by atoms with van der Waals surface area (Å²) in [6.07, 6.45) is 2.10. The molecule has 0 spiro atoms. The lowest BCUT2D eigenvalue weighted by molar-refractivity contribution is 0.0728. The number of nitrogens with zero attached hydrogens (tertiary/aromatic N) is 1. The SMILES string of the molecule is COc1cc2c(cc1OC)CN(C(=O)c1cc(=O)c(OCc3ccccc3Cl)c[nH]1)CC2. The molecule has 1 aromatic heterocycles. The molecule has 4 rings (SSSR count). The summed E-state index contributed by atoms with van der Waals surface area (Å²) >= 11 is 6.12. The molecule has 1 amide bonds. The van der Waals surface area contributed by atoms with Gasteiger partial charge in [0, 0.05) is 35.9 Å². The number of nitrogens with one attached hydrogen (secondary N) is 1. The highest BCUT2D eigenvalue weighted by molar-refractivity contribution is 6.31. The fourth-order valence-corrected chi connectivity index (χ4v) is 3.88. The minimum Gasteiger partial charge on any atom is -0.493 e. The average molecular weight is 455 g/mol. The highest BCUT2D eigenvalue weighted by Crippen LogP contribution is 2.33. The van der Waals surface area contributed by atoms with Crippen LogP contribution in [0, 0.1) is 0 Å². The number of hydrogen-bond donors (Lipinski definition) is 1. The Bertz CT molecular complexity index is 1210. The van der Waals surface area contributed by atoms with Gasteiger partial charge in [-0.1, -0.05) is 29.8 Å². The van der Waals surface area contributed by atoms with Crippen molar-refractivity contribution < 1.29 is 19.0 Å². The largest absolute Gasteiger partial charge is 0.493 e. The Labute approximate surface area is 190 Å². The van der Waals surface area contributed by atoms with Crippen LogP contribution in [0.5, 0.6) is 17.2 Å².